The van der Waals surface area contributed by atoms with E-state index in [0.717, 1.165) is 147 Å². The molecule has 0 aliphatic carbocycles. The molecule has 59 heavy (non-hydrogen) atoms. The quantitative estimate of drug-likeness (QED) is 0.186. The normalized spacial score (nSPS) is 21.4. The Labute approximate surface area is 349 Å². The molecule has 11 nitrogen and oxygen atoms in total. The first-order valence-electron chi connectivity index (χ1n) is 21.9. The summed E-state index contributed by atoms with van der Waals surface area (Å²) in [6.07, 6.45) is 10.7. The van der Waals surface area contributed by atoms with Gasteiger partial charge in [0.05, 0.1) is 34.3 Å². The number of hydrogen-bond acceptors (Lipinski definition) is 9. The second-order valence-corrected chi connectivity index (χ2v) is 17.6. The fraction of sp³-hybridized carbons (Fsp3) is 0.458. The number of rotatable bonds is 4. The Morgan fingerprint density at radius 1 is 0.780 bits per heavy atom. The highest BCUT2D eigenvalue weighted by atomic mass is 15.3. The van der Waals surface area contributed by atoms with Crippen LogP contribution in [0.1, 0.15) is 86.1 Å². The number of aryl methyl sites for hydroxylation is 3. The van der Waals surface area contributed by atoms with Gasteiger partial charge in [0.25, 0.3) is 0 Å². The van der Waals surface area contributed by atoms with Crippen LogP contribution in [0.25, 0.3) is 28.0 Å². The van der Waals surface area contributed by atoms with Crippen LogP contribution in [0.3, 0.4) is 0 Å². The van der Waals surface area contributed by atoms with Crippen LogP contribution in [-0.4, -0.2) is 79.5 Å². The molecule has 0 amide bonds. The van der Waals surface area contributed by atoms with Crippen molar-refractivity contribution >= 4 is 34.1 Å². The topological polar surface area (TPSA) is 95.2 Å². The molecule has 4 aliphatic heterocycles. The highest BCUT2D eigenvalue weighted by Crippen LogP contribution is 2.35. The van der Waals surface area contributed by atoms with Gasteiger partial charge in [-0.2, -0.15) is 5.10 Å². The Morgan fingerprint density at radius 2 is 1.59 bits per heavy atom. The number of piperidine rings is 2. The third kappa shape index (κ3) is 8.01. The minimum Gasteiger partial charge on any atom is -0.370 e. The first-order valence-corrected chi connectivity index (χ1v) is 21.9. The molecule has 4 aromatic heterocycles. The van der Waals surface area contributed by atoms with E-state index in [1.807, 2.05) is 17.9 Å². The van der Waals surface area contributed by atoms with Crippen molar-refractivity contribution in [1.29, 1.82) is 0 Å². The Hall–Kier alpha value is -5.42. The minimum atomic E-state index is 0.248. The van der Waals surface area contributed by atoms with E-state index in [9.17, 15) is 0 Å². The van der Waals surface area contributed by atoms with Gasteiger partial charge >= 0.3 is 0 Å². The van der Waals surface area contributed by atoms with E-state index in [-0.39, 0.29) is 5.92 Å². The van der Waals surface area contributed by atoms with Gasteiger partial charge in [0.15, 0.2) is 0 Å². The molecule has 1 unspecified atom stereocenters. The number of hydrogen-bond donors (Lipinski definition) is 2. The summed E-state index contributed by atoms with van der Waals surface area (Å²) in [4.78, 5) is 23.1. The van der Waals surface area contributed by atoms with Crippen molar-refractivity contribution < 1.29 is 0 Å². The van der Waals surface area contributed by atoms with Crippen molar-refractivity contribution in [2.24, 2.45) is 13.0 Å². The number of nitrogens with one attached hydrogen (secondary N) is 2. The van der Waals surface area contributed by atoms with Crippen molar-refractivity contribution in [2.45, 2.75) is 90.6 Å². The van der Waals surface area contributed by atoms with Crippen molar-refractivity contribution in [1.82, 2.24) is 39.5 Å². The van der Waals surface area contributed by atoms with E-state index in [0.29, 0.717) is 12.0 Å². The molecule has 2 atom stereocenters. The first kappa shape index (κ1) is 39.1. The third-order valence-corrected chi connectivity index (χ3v) is 13.4. The summed E-state index contributed by atoms with van der Waals surface area (Å²) in [6, 6.07) is 16.2. The average Bonchev–Trinajstić information content (AvgIpc) is 3.77. The molecule has 0 spiro atoms. The van der Waals surface area contributed by atoms with Crippen LogP contribution < -0.4 is 20.4 Å². The van der Waals surface area contributed by atoms with Crippen molar-refractivity contribution in [3.05, 3.63) is 108 Å². The minimum absolute atomic E-state index is 0.248. The number of imidazole rings is 1. The number of allylic oxidation sites excluding steroid dienone is 2. The zero-order chi connectivity index (χ0) is 40.8. The summed E-state index contributed by atoms with van der Waals surface area (Å²) < 4.78 is 4.42. The van der Waals surface area contributed by atoms with Gasteiger partial charge in [0, 0.05) is 116 Å². The maximum absolute atomic E-state index is 5.17. The Balaban J connectivity index is 0.868. The standard InChI is InChI=1S/C48H61N11/c1-31-10-8-9-11-46-41(29-49-55(46)7)44-27-37(26-33(3)51-44)34(4)53-48-54-43-15-13-39(28-47(43)59(48)30-31)57-24-22-56(23-25-57)38-18-20-58(21-19-38)45-17-16-42(52-36(45)6)40-14-12-32(2)50-35(40)5/h13,15-17,26-29,31,38,40,50H,2,4-5,8-12,14,18-25,30H2,1,3,6-7H3,(H,53,54)/t31-,40?/m1/s1. The van der Waals surface area contributed by atoms with Gasteiger partial charge < -0.3 is 25.0 Å². The lowest BCUT2D eigenvalue weighted by Gasteiger charge is -2.44. The van der Waals surface area contributed by atoms with E-state index in [4.69, 9.17) is 15.0 Å². The average molecular weight is 792 g/mol. The fourth-order valence-electron chi connectivity index (χ4n) is 10.1. The van der Waals surface area contributed by atoms with Crippen LogP contribution in [0.15, 0.2) is 79.8 Å². The van der Waals surface area contributed by atoms with Crippen LogP contribution in [0, 0.1) is 19.8 Å². The second kappa shape index (κ2) is 16.3. The van der Waals surface area contributed by atoms with E-state index in [2.05, 4.69) is 118 Å². The Morgan fingerprint density at radius 3 is 2.37 bits per heavy atom. The van der Waals surface area contributed by atoms with Crippen LogP contribution in [0.4, 0.5) is 17.3 Å². The lowest BCUT2D eigenvalue weighted by atomic mass is 9.91. The number of pyridine rings is 2. The summed E-state index contributed by atoms with van der Waals surface area (Å²) >= 11 is 0. The lowest BCUT2D eigenvalue weighted by molar-refractivity contribution is 0.160. The molecular weight excluding hydrogens is 731 g/mol. The van der Waals surface area contributed by atoms with E-state index < -0.39 is 0 Å². The highest BCUT2D eigenvalue weighted by Gasteiger charge is 2.30. The molecule has 3 saturated heterocycles. The van der Waals surface area contributed by atoms with Gasteiger partial charge in [-0.25, -0.2) is 4.98 Å². The molecule has 9 rings (SSSR count). The molecule has 8 heterocycles. The summed E-state index contributed by atoms with van der Waals surface area (Å²) in [7, 11) is 2.04. The molecular formula is C48H61N11. The SMILES string of the molecule is C=C1CCC(c2ccc(N3CCC(N4CCN(c5ccc6nc7n(c6c5)C[C@H](C)CCCCc5c(cnn5C)-c5cc(cc(C)n5)C(=C)N7)CC4)CC3)c(C)n2)C(=C)N1. The van der Waals surface area contributed by atoms with Gasteiger partial charge in [-0.05, 0) is 107 Å². The second-order valence-electron chi connectivity index (χ2n) is 17.6. The van der Waals surface area contributed by atoms with E-state index in [1.165, 1.54) is 35.4 Å². The van der Waals surface area contributed by atoms with Crippen molar-refractivity contribution in [3.63, 3.8) is 0 Å². The summed E-state index contributed by atoms with van der Waals surface area (Å²) in [5.74, 6) is 1.58. The van der Waals surface area contributed by atoms with Crippen LogP contribution in [0.5, 0.6) is 0 Å². The summed E-state index contributed by atoms with van der Waals surface area (Å²) in [5, 5.41) is 11.6. The maximum Gasteiger partial charge on any atom is 0.208 e. The molecule has 1 aromatic carbocycles. The number of fused-ring (bicyclic) bond motifs is 7. The zero-order valence-corrected chi connectivity index (χ0v) is 35.6. The van der Waals surface area contributed by atoms with Crippen molar-refractivity contribution in [3.8, 4) is 11.3 Å². The smallest absolute Gasteiger partial charge is 0.208 e. The molecule has 308 valence electrons. The maximum atomic E-state index is 5.17. The summed E-state index contributed by atoms with van der Waals surface area (Å²) in [6.45, 7) is 26.7. The largest absolute Gasteiger partial charge is 0.370 e. The molecule has 0 saturated carbocycles. The zero-order valence-electron chi connectivity index (χ0n) is 35.6. The predicted octanol–water partition coefficient (Wildman–Crippen LogP) is 8.57. The Bertz CT molecular complexity index is 2390. The van der Waals surface area contributed by atoms with Crippen molar-refractivity contribution in [2.75, 3.05) is 54.4 Å². The number of nitrogens with zero attached hydrogens (tertiary/aromatic N) is 9. The van der Waals surface area contributed by atoms with E-state index in [1.54, 1.807) is 0 Å². The van der Waals surface area contributed by atoms with E-state index >= 15 is 0 Å². The molecule has 11 heteroatoms. The van der Waals surface area contributed by atoms with Crippen LogP contribution in [0.2, 0.25) is 0 Å². The monoisotopic (exact) mass is 792 g/mol. The summed E-state index contributed by atoms with van der Waals surface area (Å²) in [5.41, 5.74) is 15.1. The first-order chi connectivity index (χ1) is 28.6. The van der Waals surface area contributed by atoms with Gasteiger partial charge in [0.2, 0.25) is 5.95 Å². The van der Waals surface area contributed by atoms with Gasteiger partial charge in [-0.1, -0.05) is 33.1 Å². The molecule has 0 radical (unpaired) electrons. The molecule has 3 fully saturated rings. The number of aromatic nitrogens is 6. The van der Waals surface area contributed by atoms with Gasteiger partial charge in [-0.3, -0.25) is 19.5 Å². The van der Waals surface area contributed by atoms with Crippen LogP contribution in [-0.2, 0) is 20.0 Å². The molecule has 5 aromatic rings. The number of benzene rings is 1. The highest BCUT2D eigenvalue weighted by molar-refractivity contribution is 5.85. The predicted molar refractivity (Wildman–Crippen MR) is 242 cm³/mol. The van der Waals surface area contributed by atoms with Gasteiger partial charge in [0.1, 0.15) is 0 Å². The van der Waals surface area contributed by atoms with Gasteiger partial charge in [-0.15, -0.1) is 0 Å². The molecule has 2 bridgehead atoms. The lowest BCUT2D eigenvalue weighted by Crippen LogP contribution is -2.53. The molecule has 2 N–H and O–H groups in total. The molecule has 4 aliphatic rings. The Kier molecular flexibility index (Phi) is 10.8. The van der Waals surface area contributed by atoms with Crippen LogP contribution >= 0.6 is 0 Å². The fourth-order valence-corrected chi connectivity index (χ4v) is 10.1. The number of piperazine rings is 1. The third-order valence-electron chi connectivity index (χ3n) is 13.4. The number of anilines is 3.